The highest BCUT2D eigenvalue weighted by atomic mass is 16.5. The lowest BCUT2D eigenvalue weighted by Gasteiger charge is -2.17. The molecule has 0 spiro atoms. The van der Waals surface area contributed by atoms with Crippen molar-refractivity contribution >= 4 is 22.8 Å². The second-order valence-corrected chi connectivity index (χ2v) is 4.83. The minimum Gasteiger partial charge on any atom is -0.478 e. The first-order valence-corrected chi connectivity index (χ1v) is 6.29. The number of nitrogens with zero attached hydrogens (tertiary/aromatic N) is 3. The van der Waals surface area contributed by atoms with Gasteiger partial charge in [-0.1, -0.05) is 0 Å². The monoisotopic (exact) mass is 294 g/mol. The quantitative estimate of drug-likeness (QED) is 0.564. The van der Waals surface area contributed by atoms with Crippen molar-refractivity contribution < 1.29 is 24.9 Å². The van der Waals surface area contributed by atoms with Crippen LogP contribution in [-0.2, 0) is 4.74 Å². The van der Waals surface area contributed by atoms with Gasteiger partial charge in [0.15, 0.2) is 0 Å². The first-order chi connectivity index (χ1) is 10.0. The van der Waals surface area contributed by atoms with Gasteiger partial charge in [0.25, 0.3) is 0 Å². The molecule has 1 aliphatic rings. The van der Waals surface area contributed by atoms with Crippen molar-refractivity contribution in [2.24, 2.45) is 0 Å². The summed E-state index contributed by atoms with van der Waals surface area (Å²) in [6.45, 7) is -0.182. The van der Waals surface area contributed by atoms with Crippen molar-refractivity contribution in [3.63, 3.8) is 0 Å². The van der Waals surface area contributed by atoms with Gasteiger partial charge >= 0.3 is 5.97 Å². The number of aliphatic hydroxyl groups excluding tert-OH is 2. The Bertz CT molecular complexity index is 700. The van der Waals surface area contributed by atoms with Crippen molar-refractivity contribution in [2.75, 3.05) is 18.9 Å². The molecule has 2 aromatic rings. The number of hydrogen-bond acceptors (Lipinski definition) is 7. The summed E-state index contributed by atoms with van der Waals surface area (Å²) in [6.07, 6.45) is 0.906. The summed E-state index contributed by atoms with van der Waals surface area (Å²) >= 11 is 0. The predicted molar refractivity (Wildman–Crippen MR) is 70.8 cm³/mol. The fraction of sp³-hybridized carbons (Fsp3) is 0.417. The second-order valence-electron chi connectivity index (χ2n) is 4.83. The van der Waals surface area contributed by atoms with E-state index in [0.29, 0.717) is 5.65 Å². The number of aromatic carboxylic acids is 1. The molecule has 9 heteroatoms. The van der Waals surface area contributed by atoms with E-state index in [1.165, 1.54) is 17.1 Å². The molecule has 1 saturated heterocycles. The van der Waals surface area contributed by atoms with Crippen molar-refractivity contribution in [2.45, 2.75) is 18.2 Å². The van der Waals surface area contributed by atoms with E-state index < -0.39 is 24.2 Å². The van der Waals surface area contributed by atoms with Gasteiger partial charge in [-0.2, -0.15) is 0 Å². The van der Waals surface area contributed by atoms with Crippen LogP contribution in [0.3, 0.4) is 0 Å². The van der Waals surface area contributed by atoms with Crippen molar-refractivity contribution in [1.29, 1.82) is 0 Å². The van der Waals surface area contributed by atoms with Crippen molar-refractivity contribution in [3.05, 3.63) is 18.1 Å². The third kappa shape index (κ3) is 2.02. The third-order valence-electron chi connectivity index (χ3n) is 3.66. The summed E-state index contributed by atoms with van der Waals surface area (Å²) < 4.78 is 6.80. The molecular formula is C12H14N4O5. The summed E-state index contributed by atoms with van der Waals surface area (Å²) in [7, 11) is 0. The Morgan fingerprint density at radius 1 is 1.52 bits per heavy atom. The number of nitrogens with two attached hydrogens (primary N) is 1. The number of aromatic nitrogens is 3. The first kappa shape index (κ1) is 13.7. The van der Waals surface area contributed by atoms with Crippen LogP contribution in [0.4, 0.5) is 5.82 Å². The molecule has 0 amide bonds. The van der Waals surface area contributed by atoms with Crippen LogP contribution in [0.1, 0.15) is 16.4 Å². The van der Waals surface area contributed by atoms with Gasteiger partial charge in [0.05, 0.1) is 30.2 Å². The molecule has 2 unspecified atom stereocenters. The van der Waals surface area contributed by atoms with E-state index in [1.807, 2.05) is 0 Å². The molecule has 9 nitrogen and oxygen atoms in total. The summed E-state index contributed by atoms with van der Waals surface area (Å²) in [6, 6.07) is -0.549. The molecule has 0 radical (unpaired) electrons. The number of anilines is 1. The largest absolute Gasteiger partial charge is 0.478 e. The standard InChI is InChI=1S/C12H14N4O5/c13-10-8-5(12(19)20)1-16(11(8)15-4-14-10)6-3-21-7(2-17)9(6)18/h1,4,6-7,9,17-18H,2-3H2,(H,19,20)(H2,13,14,15)/t6-,7?,9?/m0/s1. The third-order valence-corrected chi connectivity index (χ3v) is 3.66. The maximum absolute atomic E-state index is 11.3. The minimum atomic E-state index is -1.16. The molecule has 0 bridgehead atoms. The SMILES string of the molecule is Nc1ncnc2c1c(C(=O)O)cn2[C@H]1COC(CO)C1O. The van der Waals surface area contributed by atoms with E-state index in [9.17, 15) is 15.0 Å². The Kier molecular flexibility index (Phi) is 3.24. The molecule has 3 heterocycles. The Morgan fingerprint density at radius 3 is 2.90 bits per heavy atom. The van der Waals surface area contributed by atoms with E-state index in [2.05, 4.69) is 9.97 Å². The summed E-state index contributed by atoms with van der Waals surface area (Å²) in [5.74, 6) is -1.10. The highest BCUT2D eigenvalue weighted by molar-refractivity contribution is 6.06. The van der Waals surface area contributed by atoms with E-state index in [4.69, 9.17) is 15.6 Å². The van der Waals surface area contributed by atoms with Crippen LogP contribution in [0.5, 0.6) is 0 Å². The Balaban J connectivity index is 2.16. The maximum atomic E-state index is 11.3. The van der Waals surface area contributed by atoms with Gasteiger partial charge in [0, 0.05) is 6.20 Å². The van der Waals surface area contributed by atoms with Crippen molar-refractivity contribution in [3.8, 4) is 0 Å². The molecule has 5 N–H and O–H groups in total. The molecule has 2 aromatic heterocycles. The van der Waals surface area contributed by atoms with Crippen LogP contribution in [0.15, 0.2) is 12.5 Å². The predicted octanol–water partition coefficient (Wildman–Crippen LogP) is -0.995. The minimum absolute atomic E-state index is 0.0391. The van der Waals surface area contributed by atoms with Crippen LogP contribution in [0, 0.1) is 0 Å². The van der Waals surface area contributed by atoms with Gasteiger partial charge in [0.1, 0.15) is 30.0 Å². The Hall–Kier alpha value is -2.23. The zero-order valence-electron chi connectivity index (χ0n) is 10.9. The zero-order valence-corrected chi connectivity index (χ0v) is 10.9. The topological polar surface area (TPSA) is 144 Å². The molecule has 3 rings (SSSR count). The van der Waals surface area contributed by atoms with Crippen LogP contribution < -0.4 is 5.73 Å². The van der Waals surface area contributed by atoms with Crippen LogP contribution in [0.2, 0.25) is 0 Å². The summed E-state index contributed by atoms with van der Waals surface area (Å²) in [4.78, 5) is 19.2. The Morgan fingerprint density at radius 2 is 2.29 bits per heavy atom. The molecule has 21 heavy (non-hydrogen) atoms. The van der Waals surface area contributed by atoms with Gasteiger partial charge in [-0.05, 0) is 0 Å². The lowest BCUT2D eigenvalue weighted by Crippen LogP contribution is -2.30. The Labute approximate surface area is 118 Å². The number of carboxylic acid groups (broad SMARTS) is 1. The molecule has 0 saturated carbocycles. The molecule has 0 aliphatic carbocycles. The highest BCUT2D eigenvalue weighted by Crippen LogP contribution is 2.32. The van der Waals surface area contributed by atoms with E-state index in [-0.39, 0.29) is 30.0 Å². The number of aliphatic hydroxyl groups is 2. The number of ether oxygens (including phenoxy) is 1. The van der Waals surface area contributed by atoms with E-state index in [0.717, 1.165) is 0 Å². The number of rotatable bonds is 3. The fourth-order valence-electron chi connectivity index (χ4n) is 2.60. The lowest BCUT2D eigenvalue weighted by molar-refractivity contribution is 0.00207. The summed E-state index contributed by atoms with van der Waals surface area (Å²) in [5.41, 5.74) is 6.01. The van der Waals surface area contributed by atoms with Gasteiger partial charge in [0.2, 0.25) is 0 Å². The molecular weight excluding hydrogens is 280 g/mol. The van der Waals surface area contributed by atoms with Crippen LogP contribution >= 0.6 is 0 Å². The number of carbonyl (C=O) groups is 1. The maximum Gasteiger partial charge on any atom is 0.338 e. The average Bonchev–Trinajstić information content (AvgIpc) is 3.00. The van der Waals surface area contributed by atoms with Gasteiger partial charge in [-0.15, -0.1) is 0 Å². The van der Waals surface area contributed by atoms with Crippen molar-refractivity contribution in [1.82, 2.24) is 14.5 Å². The number of fused-ring (bicyclic) bond motifs is 1. The molecule has 3 atom stereocenters. The highest BCUT2D eigenvalue weighted by Gasteiger charge is 2.38. The number of nitrogen functional groups attached to an aromatic ring is 1. The zero-order chi connectivity index (χ0) is 15.1. The normalized spacial score (nSPS) is 25.5. The van der Waals surface area contributed by atoms with E-state index in [1.54, 1.807) is 0 Å². The first-order valence-electron chi connectivity index (χ1n) is 6.29. The van der Waals surface area contributed by atoms with Crippen LogP contribution in [-0.4, -0.2) is 61.2 Å². The van der Waals surface area contributed by atoms with Gasteiger partial charge < -0.3 is 30.4 Å². The molecule has 0 aromatic carbocycles. The number of carboxylic acids is 1. The smallest absolute Gasteiger partial charge is 0.338 e. The fourth-order valence-corrected chi connectivity index (χ4v) is 2.60. The average molecular weight is 294 g/mol. The van der Waals surface area contributed by atoms with Gasteiger partial charge in [-0.25, -0.2) is 14.8 Å². The van der Waals surface area contributed by atoms with Crippen LogP contribution in [0.25, 0.3) is 11.0 Å². The molecule has 1 aliphatic heterocycles. The van der Waals surface area contributed by atoms with E-state index >= 15 is 0 Å². The lowest BCUT2D eigenvalue weighted by atomic mass is 10.1. The summed E-state index contributed by atoms with van der Waals surface area (Å²) in [5, 5.41) is 28.8. The number of hydrogen-bond donors (Lipinski definition) is 4. The van der Waals surface area contributed by atoms with Gasteiger partial charge in [-0.3, -0.25) is 0 Å². The molecule has 1 fully saturated rings. The second kappa shape index (κ2) is 4.95. The molecule has 112 valence electrons.